The number of aryl methyl sites for hydroxylation is 1. The third-order valence-corrected chi connectivity index (χ3v) is 5.00. The summed E-state index contributed by atoms with van der Waals surface area (Å²) < 4.78 is 1.21. The fourth-order valence-corrected chi connectivity index (χ4v) is 3.70. The van der Waals surface area contributed by atoms with Crippen molar-refractivity contribution < 1.29 is 0 Å². The quantitative estimate of drug-likeness (QED) is 0.880. The zero-order chi connectivity index (χ0) is 13.0. The summed E-state index contributed by atoms with van der Waals surface area (Å²) in [5.74, 6) is 2.02. The number of halogens is 1. The molecule has 0 radical (unpaired) electrons. The Morgan fingerprint density at radius 3 is 3.06 bits per heavy atom. The third kappa shape index (κ3) is 4.01. The summed E-state index contributed by atoms with van der Waals surface area (Å²) in [6.07, 6.45) is 5.86. The third-order valence-electron chi connectivity index (χ3n) is 3.60. The molecule has 0 spiro atoms. The van der Waals surface area contributed by atoms with E-state index in [1.54, 1.807) is 0 Å². The maximum Gasteiger partial charge on any atom is 0.0178 e. The fourth-order valence-electron chi connectivity index (χ4n) is 2.61. The molecular formula is C15H22BrNS. The minimum Gasteiger partial charge on any atom is -0.313 e. The summed E-state index contributed by atoms with van der Waals surface area (Å²) in [5, 5.41) is 3.74. The molecule has 1 N–H and O–H groups in total. The average Bonchev–Trinajstić information content (AvgIpc) is 2.36. The van der Waals surface area contributed by atoms with Gasteiger partial charge in [-0.1, -0.05) is 28.9 Å². The molecule has 0 aliphatic heterocycles. The number of fused-ring (bicyclic) bond motifs is 1. The van der Waals surface area contributed by atoms with Gasteiger partial charge in [-0.15, -0.1) is 0 Å². The van der Waals surface area contributed by atoms with Crippen LogP contribution in [-0.4, -0.2) is 24.6 Å². The maximum absolute atomic E-state index is 3.74. The molecule has 1 nitrogen and oxygen atoms in total. The summed E-state index contributed by atoms with van der Waals surface area (Å²) >= 11 is 5.50. The van der Waals surface area contributed by atoms with Crippen LogP contribution in [0.5, 0.6) is 0 Å². The van der Waals surface area contributed by atoms with Gasteiger partial charge >= 0.3 is 0 Å². The summed E-state index contributed by atoms with van der Waals surface area (Å²) in [6, 6.07) is 7.39. The van der Waals surface area contributed by atoms with E-state index in [-0.39, 0.29) is 0 Å². The standard InChI is InChI=1S/C15H22BrNS/c1-11(10-18-2)9-17-15-6-4-12-7-14(16)5-3-13(12)8-15/h3,5,7,11,15,17H,4,6,8-10H2,1-2H3. The molecule has 3 heteroatoms. The van der Waals surface area contributed by atoms with E-state index in [1.807, 2.05) is 11.8 Å². The second-order valence-corrected chi connectivity index (χ2v) is 7.15. The predicted molar refractivity (Wildman–Crippen MR) is 85.5 cm³/mol. The van der Waals surface area contributed by atoms with Crippen LogP contribution < -0.4 is 5.32 Å². The van der Waals surface area contributed by atoms with Gasteiger partial charge in [0.25, 0.3) is 0 Å². The predicted octanol–water partition coefficient (Wildman–Crippen LogP) is 3.90. The molecule has 0 aromatic heterocycles. The Kier molecular flexibility index (Phi) is 5.58. The van der Waals surface area contributed by atoms with Gasteiger partial charge in [0.1, 0.15) is 0 Å². The van der Waals surface area contributed by atoms with Gasteiger partial charge in [0.05, 0.1) is 0 Å². The summed E-state index contributed by atoms with van der Waals surface area (Å²) in [5.41, 5.74) is 3.05. The van der Waals surface area contributed by atoms with E-state index in [2.05, 4.69) is 52.6 Å². The van der Waals surface area contributed by atoms with Gasteiger partial charge in [0.15, 0.2) is 0 Å². The van der Waals surface area contributed by atoms with E-state index in [0.717, 1.165) is 12.5 Å². The molecule has 2 atom stereocenters. The van der Waals surface area contributed by atoms with Crippen molar-refractivity contribution in [2.75, 3.05) is 18.6 Å². The van der Waals surface area contributed by atoms with E-state index in [9.17, 15) is 0 Å². The molecule has 0 amide bonds. The lowest BCUT2D eigenvalue weighted by molar-refractivity contribution is 0.427. The van der Waals surface area contributed by atoms with Gasteiger partial charge in [-0.05, 0) is 67.0 Å². The van der Waals surface area contributed by atoms with Gasteiger partial charge < -0.3 is 5.32 Å². The Balaban J connectivity index is 1.86. The summed E-state index contributed by atoms with van der Waals surface area (Å²) in [4.78, 5) is 0. The second-order valence-electron chi connectivity index (χ2n) is 5.32. The van der Waals surface area contributed by atoms with Crippen molar-refractivity contribution in [1.29, 1.82) is 0 Å². The average molecular weight is 328 g/mol. The zero-order valence-corrected chi connectivity index (χ0v) is 13.6. The minimum atomic E-state index is 0.669. The van der Waals surface area contributed by atoms with Gasteiger partial charge in [-0.2, -0.15) is 11.8 Å². The number of rotatable bonds is 5. The first-order chi connectivity index (χ1) is 8.69. The molecule has 0 heterocycles. The number of hydrogen-bond acceptors (Lipinski definition) is 2. The highest BCUT2D eigenvalue weighted by molar-refractivity contribution is 9.10. The van der Waals surface area contributed by atoms with Gasteiger partial charge in [-0.3, -0.25) is 0 Å². The van der Waals surface area contributed by atoms with E-state index in [4.69, 9.17) is 0 Å². The van der Waals surface area contributed by atoms with Gasteiger partial charge in [-0.25, -0.2) is 0 Å². The first kappa shape index (κ1) is 14.4. The van der Waals surface area contributed by atoms with Crippen LogP contribution in [0.4, 0.5) is 0 Å². The Morgan fingerprint density at radius 2 is 2.28 bits per heavy atom. The lowest BCUT2D eigenvalue weighted by atomic mass is 9.88. The molecule has 18 heavy (non-hydrogen) atoms. The molecule has 0 bridgehead atoms. The SMILES string of the molecule is CSCC(C)CNC1CCc2cc(Br)ccc2C1. The van der Waals surface area contributed by atoms with Crippen LogP contribution in [0, 0.1) is 5.92 Å². The Hall–Kier alpha value is 0.01000. The van der Waals surface area contributed by atoms with Crippen LogP contribution in [0.3, 0.4) is 0 Å². The van der Waals surface area contributed by atoms with Crippen molar-refractivity contribution in [2.24, 2.45) is 5.92 Å². The fraction of sp³-hybridized carbons (Fsp3) is 0.600. The number of benzene rings is 1. The van der Waals surface area contributed by atoms with Crippen molar-refractivity contribution in [3.05, 3.63) is 33.8 Å². The van der Waals surface area contributed by atoms with Crippen molar-refractivity contribution in [2.45, 2.75) is 32.2 Å². The van der Waals surface area contributed by atoms with Crippen molar-refractivity contribution >= 4 is 27.7 Å². The number of hydrogen-bond donors (Lipinski definition) is 1. The van der Waals surface area contributed by atoms with Crippen molar-refractivity contribution in [1.82, 2.24) is 5.32 Å². The number of thioether (sulfide) groups is 1. The molecule has 0 fully saturated rings. The molecule has 0 saturated heterocycles. The van der Waals surface area contributed by atoms with E-state index >= 15 is 0 Å². The van der Waals surface area contributed by atoms with Crippen LogP contribution in [0.15, 0.2) is 22.7 Å². The van der Waals surface area contributed by atoms with Crippen molar-refractivity contribution in [3.8, 4) is 0 Å². The number of nitrogens with one attached hydrogen (secondary N) is 1. The largest absolute Gasteiger partial charge is 0.313 e. The lowest BCUT2D eigenvalue weighted by Crippen LogP contribution is -2.37. The van der Waals surface area contributed by atoms with Crippen LogP contribution in [0.1, 0.15) is 24.5 Å². The highest BCUT2D eigenvalue weighted by Crippen LogP contribution is 2.24. The first-order valence-electron chi connectivity index (χ1n) is 6.68. The Bertz CT molecular complexity index is 394. The molecule has 1 aromatic rings. The highest BCUT2D eigenvalue weighted by atomic mass is 79.9. The second kappa shape index (κ2) is 6.97. The normalized spacial score (nSPS) is 20.5. The minimum absolute atomic E-state index is 0.669. The smallest absolute Gasteiger partial charge is 0.0178 e. The molecule has 2 unspecified atom stereocenters. The lowest BCUT2D eigenvalue weighted by Gasteiger charge is -2.27. The monoisotopic (exact) mass is 327 g/mol. The molecule has 0 saturated carbocycles. The highest BCUT2D eigenvalue weighted by Gasteiger charge is 2.18. The maximum atomic E-state index is 3.74. The molecule has 1 aliphatic carbocycles. The van der Waals surface area contributed by atoms with Crippen LogP contribution in [0.25, 0.3) is 0 Å². The molecule has 1 aromatic carbocycles. The van der Waals surface area contributed by atoms with Crippen molar-refractivity contribution in [3.63, 3.8) is 0 Å². The van der Waals surface area contributed by atoms with Gasteiger partial charge in [0.2, 0.25) is 0 Å². The Morgan fingerprint density at radius 1 is 1.44 bits per heavy atom. The van der Waals surface area contributed by atoms with Crippen LogP contribution in [-0.2, 0) is 12.8 Å². The molecular weight excluding hydrogens is 306 g/mol. The molecule has 1 aliphatic rings. The zero-order valence-electron chi connectivity index (χ0n) is 11.2. The van der Waals surface area contributed by atoms with E-state index in [0.29, 0.717) is 6.04 Å². The van der Waals surface area contributed by atoms with Crippen LogP contribution in [0.2, 0.25) is 0 Å². The van der Waals surface area contributed by atoms with E-state index in [1.165, 1.54) is 40.6 Å². The topological polar surface area (TPSA) is 12.0 Å². The van der Waals surface area contributed by atoms with E-state index < -0.39 is 0 Å². The van der Waals surface area contributed by atoms with Gasteiger partial charge in [0, 0.05) is 10.5 Å². The molecule has 100 valence electrons. The first-order valence-corrected chi connectivity index (χ1v) is 8.87. The van der Waals surface area contributed by atoms with Crippen LogP contribution >= 0.6 is 27.7 Å². The Labute approximate surface area is 123 Å². The molecule has 2 rings (SSSR count). The summed E-state index contributed by atoms with van der Waals surface area (Å²) in [6.45, 7) is 3.48. The summed E-state index contributed by atoms with van der Waals surface area (Å²) in [7, 11) is 0.